The number of benzene rings is 2. The molecule has 1 aliphatic carbocycles. The Bertz CT molecular complexity index is 1210. The number of rotatable bonds is 8. The van der Waals surface area contributed by atoms with Crippen molar-refractivity contribution in [3.8, 4) is 0 Å². The number of nitrogens with one attached hydrogen (secondary N) is 3. The SMILES string of the molecule is CCOC(=N)c1ccc2cc(C(=O)NCC3CCCCC3)n(Cc3ccc(C(=O)NC)cc3)c2c1. The highest BCUT2D eigenvalue weighted by atomic mass is 16.5. The van der Waals surface area contributed by atoms with Crippen LogP contribution in [0.3, 0.4) is 0 Å². The zero-order valence-electron chi connectivity index (χ0n) is 20.5. The second-order valence-corrected chi connectivity index (χ2v) is 9.14. The van der Waals surface area contributed by atoms with Gasteiger partial charge in [-0.25, -0.2) is 0 Å². The van der Waals surface area contributed by atoms with Crippen molar-refractivity contribution in [1.29, 1.82) is 5.41 Å². The van der Waals surface area contributed by atoms with Gasteiger partial charge in [0.2, 0.25) is 5.90 Å². The van der Waals surface area contributed by atoms with Crippen LogP contribution in [0.15, 0.2) is 48.5 Å². The van der Waals surface area contributed by atoms with Gasteiger partial charge in [-0.05, 0) is 61.6 Å². The number of carbonyl (C=O) groups excluding carboxylic acids is 2. The second-order valence-electron chi connectivity index (χ2n) is 9.14. The average Bonchev–Trinajstić information content (AvgIpc) is 3.25. The fourth-order valence-corrected chi connectivity index (χ4v) is 4.79. The third kappa shape index (κ3) is 5.73. The molecule has 2 aromatic carbocycles. The molecule has 0 saturated heterocycles. The van der Waals surface area contributed by atoms with E-state index in [1.165, 1.54) is 32.1 Å². The lowest BCUT2D eigenvalue weighted by Crippen LogP contribution is -2.31. The fourth-order valence-electron chi connectivity index (χ4n) is 4.79. The van der Waals surface area contributed by atoms with Gasteiger partial charge in [-0.1, -0.05) is 37.5 Å². The number of ether oxygens (including phenoxy) is 1. The predicted octanol–water partition coefficient (Wildman–Crippen LogP) is 4.72. The van der Waals surface area contributed by atoms with E-state index < -0.39 is 0 Å². The van der Waals surface area contributed by atoms with E-state index in [4.69, 9.17) is 10.1 Å². The molecule has 1 aromatic heterocycles. The molecule has 1 heterocycles. The van der Waals surface area contributed by atoms with E-state index in [2.05, 4.69) is 10.6 Å². The molecule has 7 nitrogen and oxygen atoms in total. The Morgan fingerprint density at radius 3 is 2.40 bits per heavy atom. The molecule has 1 saturated carbocycles. The summed E-state index contributed by atoms with van der Waals surface area (Å²) in [4.78, 5) is 25.2. The molecule has 0 aliphatic heterocycles. The third-order valence-corrected chi connectivity index (χ3v) is 6.75. The van der Waals surface area contributed by atoms with Gasteiger partial charge in [0.25, 0.3) is 11.8 Å². The normalized spacial score (nSPS) is 14.0. The number of aromatic nitrogens is 1. The van der Waals surface area contributed by atoms with E-state index in [1.807, 2.05) is 47.9 Å². The molecule has 0 radical (unpaired) electrons. The van der Waals surface area contributed by atoms with Gasteiger partial charge in [-0.15, -0.1) is 0 Å². The Kier molecular flexibility index (Phi) is 7.85. The van der Waals surface area contributed by atoms with E-state index in [0.29, 0.717) is 42.4 Å². The number of hydrogen-bond acceptors (Lipinski definition) is 4. The maximum absolute atomic E-state index is 13.3. The zero-order chi connectivity index (χ0) is 24.8. The summed E-state index contributed by atoms with van der Waals surface area (Å²) < 4.78 is 7.39. The largest absolute Gasteiger partial charge is 0.478 e. The smallest absolute Gasteiger partial charge is 0.267 e. The van der Waals surface area contributed by atoms with Crippen molar-refractivity contribution in [3.05, 3.63) is 70.9 Å². The topological polar surface area (TPSA) is 96.2 Å². The number of fused-ring (bicyclic) bond motifs is 1. The summed E-state index contributed by atoms with van der Waals surface area (Å²) in [6.45, 7) is 3.44. The second kappa shape index (κ2) is 11.2. The van der Waals surface area contributed by atoms with Crippen LogP contribution in [-0.4, -0.2) is 42.5 Å². The van der Waals surface area contributed by atoms with Crippen LogP contribution in [-0.2, 0) is 11.3 Å². The van der Waals surface area contributed by atoms with Gasteiger partial charge in [0.05, 0.1) is 6.61 Å². The molecule has 2 amide bonds. The van der Waals surface area contributed by atoms with Crippen LogP contribution in [0.1, 0.15) is 71.0 Å². The van der Waals surface area contributed by atoms with Crippen molar-refractivity contribution in [2.24, 2.45) is 5.92 Å². The first-order valence-corrected chi connectivity index (χ1v) is 12.4. The quantitative estimate of drug-likeness (QED) is 0.326. The molecule has 3 N–H and O–H groups in total. The highest BCUT2D eigenvalue weighted by Gasteiger charge is 2.20. The van der Waals surface area contributed by atoms with Gasteiger partial charge in [0.1, 0.15) is 5.69 Å². The standard InChI is InChI=1S/C28H34N4O3/c1-3-35-26(29)23-14-13-22-15-25(28(34)31-17-19-7-5-4-6-8-19)32(24(22)16-23)18-20-9-11-21(12-10-20)27(33)30-2/h9-16,19,29H,3-8,17-18H2,1-2H3,(H,30,33)(H,31,34). The Morgan fingerprint density at radius 2 is 1.71 bits per heavy atom. The summed E-state index contributed by atoms with van der Waals surface area (Å²) in [5, 5.41) is 14.9. The summed E-state index contributed by atoms with van der Waals surface area (Å²) in [5.41, 5.74) is 3.69. The van der Waals surface area contributed by atoms with Crippen LogP contribution < -0.4 is 10.6 Å². The predicted molar refractivity (Wildman–Crippen MR) is 138 cm³/mol. The summed E-state index contributed by atoms with van der Waals surface area (Å²) >= 11 is 0. The Morgan fingerprint density at radius 1 is 1.00 bits per heavy atom. The molecule has 0 atom stereocenters. The van der Waals surface area contributed by atoms with E-state index in [1.54, 1.807) is 19.2 Å². The number of amides is 2. The summed E-state index contributed by atoms with van der Waals surface area (Å²) in [5.74, 6) is 0.432. The average molecular weight is 475 g/mol. The number of carbonyl (C=O) groups is 2. The molecule has 3 aromatic rings. The number of nitrogens with zero attached hydrogens (tertiary/aromatic N) is 1. The van der Waals surface area contributed by atoms with Crippen LogP contribution in [0.2, 0.25) is 0 Å². The van der Waals surface area contributed by atoms with Crippen LogP contribution in [0.4, 0.5) is 0 Å². The minimum Gasteiger partial charge on any atom is -0.478 e. The summed E-state index contributed by atoms with van der Waals surface area (Å²) in [6.07, 6.45) is 6.10. The summed E-state index contributed by atoms with van der Waals surface area (Å²) in [6, 6.07) is 15.0. The number of hydrogen-bond donors (Lipinski definition) is 3. The van der Waals surface area contributed by atoms with Crippen molar-refractivity contribution in [3.63, 3.8) is 0 Å². The molecule has 0 bridgehead atoms. The van der Waals surface area contributed by atoms with E-state index in [-0.39, 0.29) is 17.7 Å². The third-order valence-electron chi connectivity index (χ3n) is 6.75. The fraction of sp³-hybridized carbons (Fsp3) is 0.393. The summed E-state index contributed by atoms with van der Waals surface area (Å²) in [7, 11) is 1.61. The van der Waals surface area contributed by atoms with Crippen LogP contribution >= 0.6 is 0 Å². The van der Waals surface area contributed by atoms with Gasteiger partial charge in [-0.2, -0.15) is 0 Å². The Hall–Kier alpha value is -3.61. The monoisotopic (exact) mass is 474 g/mol. The van der Waals surface area contributed by atoms with Crippen molar-refractivity contribution in [1.82, 2.24) is 15.2 Å². The van der Waals surface area contributed by atoms with Crippen LogP contribution in [0, 0.1) is 11.3 Å². The minimum absolute atomic E-state index is 0.0878. The van der Waals surface area contributed by atoms with Crippen molar-refractivity contribution < 1.29 is 14.3 Å². The Balaban J connectivity index is 1.66. The lowest BCUT2D eigenvalue weighted by molar-refractivity contribution is 0.0933. The van der Waals surface area contributed by atoms with Gasteiger partial charge in [0, 0.05) is 42.2 Å². The first kappa shape index (κ1) is 24.5. The molecule has 35 heavy (non-hydrogen) atoms. The highest BCUT2D eigenvalue weighted by Crippen LogP contribution is 2.25. The molecular weight excluding hydrogens is 440 g/mol. The molecule has 1 aliphatic rings. The van der Waals surface area contributed by atoms with Crippen LogP contribution in [0.25, 0.3) is 10.9 Å². The van der Waals surface area contributed by atoms with Crippen molar-refractivity contribution >= 4 is 28.6 Å². The maximum Gasteiger partial charge on any atom is 0.267 e. The van der Waals surface area contributed by atoms with Gasteiger partial charge in [-0.3, -0.25) is 15.0 Å². The molecular formula is C28H34N4O3. The lowest BCUT2D eigenvalue weighted by atomic mass is 9.89. The van der Waals surface area contributed by atoms with Crippen LogP contribution in [0.5, 0.6) is 0 Å². The van der Waals surface area contributed by atoms with E-state index in [9.17, 15) is 9.59 Å². The van der Waals surface area contributed by atoms with Gasteiger partial charge < -0.3 is 19.9 Å². The van der Waals surface area contributed by atoms with Gasteiger partial charge >= 0.3 is 0 Å². The molecule has 1 fully saturated rings. The Labute approximate surface area is 206 Å². The molecule has 7 heteroatoms. The first-order valence-electron chi connectivity index (χ1n) is 12.4. The molecule has 4 rings (SSSR count). The molecule has 0 spiro atoms. The van der Waals surface area contributed by atoms with E-state index >= 15 is 0 Å². The van der Waals surface area contributed by atoms with E-state index in [0.717, 1.165) is 16.5 Å². The van der Waals surface area contributed by atoms with Gasteiger partial charge in [0.15, 0.2) is 0 Å². The minimum atomic E-state index is -0.134. The lowest BCUT2D eigenvalue weighted by Gasteiger charge is -2.22. The zero-order valence-corrected chi connectivity index (χ0v) is 20.5. The molecule has 184 valence electrons. The maximum atomic E-state index is 13.3. The van der Waals surface area contributed by atoms with Crippen molar-refractivity contribution in [2.45, 2.75) is 45.6 Å². The van der Waals surface area contributed by atoms with Crippen molar-refractivity contribution in [2.75, 3.05) is 20.2 Å². The molecule has 0 unspecified atom stereocenters. The first-order chi connectivity index (χ1) is 17.0. The highest BCUT2D eigenvalue weighted by molar-refractivity contribution is 6.01.